The van der Waals surface area contributed by atoms with Crippen LogP contribution in [-0.2, 0) is 0 Å². The molecule has 0 aliphatic heterocycles. The number of unbranched alkanes of at least 4 members (excludes halogenated alkanes) is 6. The molecule has 0 unspecified atom stereocenters. The molecule has 12 saturated carbocycles. The molecule has 0 amide bonds. The van der Waals surface area contributed by atoms with Crippen molar-refractivity contribution in [2.75, 3.05) is 0 Å². The van der Waals surface area contributed by atoms with Crippen molar-refractivity contribution in [3.63, 3.8) is 0 Å². The first-order valence-electron chi connectivity index (χ1n) is 50.2. The van der Waals surface area contributed by atoms with Crippen molar-refractivity contribution in [1.29, 1.82) is 0 Å². The molecule has 0 nitrogen and oxygen atoms in total. The Morgan fingerprint density at radius 2 is 0.308 bits per heavy atom. The summed E-state index contributed by atoms with van der Waals surface area (Å²) in [6.07, 6.45) is 109. The lowest BCUT2D eigenvalue weighted by molar-refractivity contribution is 0.151. The van der Waals surface area contributed by atoms with Gasteiger partial charge >= 0.3 is 0 Å². The Kier molecular flexibility index (Phi) is 48.3. The summed E-state index contributed by atoms with van der Waals surface area (Å²) in [6, 6.07) is 0. The fraction of sp³-hybridized carbons (Fsp3) is 0.888. The molecule has 618 valence electrons. The molecule has 0 atom stereocenters. The van der Waals surface area contributed by atoms with Crippen LogP contribution in [0.15, 0.2) is 75.9 Å². The second-order valence-corrected chi connectivity index (χ2v) is 40.6. The summed E-state index contributed by atoms with van der Waals surface area (Å²) in [6.45, 7) is 37.7. The average Bonchev–Trinajstić information content (AvgIpc) is 0.896. The summed E-state index contributed by atoms with van der Waals surface area (Å²) >= 11 is 0. The second kappa shape index (κ2) is 55.9. The third-order valence-electron chi connectivity index (χ3n) is 33.9. The van der Waals surface area contributed by atoms with E-state index in [1.807, 2.05) is 0 Å². The fourth-order valence-electron chi connectivity index (χ4n) is 25.7. The molecule has 12 aliphatic carbocycles. The van der Waals surface area contributed by atoms with Gasteiger partial charge in [-0.3, -0.25) is 0 Å². The predicted octanol–water partition coefficient (Wildman–Crippen LogP) is 35.5. The molecule has 12 fully saturated rings. The summed E-state index contributed by atoms with van der Waals surface area (Å²) < 4.78 is 0. The molecule has 12 rings (SSSR count). The average molecular weight is 1480 g/mol. The first-order chi connectivity index (χ1) is 52.5. The molecule has 0 spiro atoms. The molecule has 0 N–H and O–H groups in total. The lowest BCUT2D eigenvalue weighted by Crippen LogP contribution is -2.25. The van der Waals surface area contributed by atoms with Gasteiger partial charge in [-0.2, -0.15) is 0 Å². The monoisotopic (exact) mass is 1480 g/mol. The normalized spacial score (nSPS) is 37.6. The van der Waals surface area contributed by atoms with E-state index in [-0.39, 0.29) is 0 Å². The van der Waals surface area contributed by atoms with Crippen molar-refractivity contribution in [3.8, 4) is 0 Å². The van der Waals surface area contributed by atoms with E-state index in [2.05, 4.69) is 117 Å². The van der Waals surface area contributed by atoms with E-state index in [4.69, 9.17) is 0 Å². The van der Waals surface area contributed by atoms with Crippen LogP contribution in [0.25, 0.3) is 0 Å². The standard InChI is InChI=1S/2C19H34.2C18H32.C17H30.C16H28/c2*1-3-5-6-7-17-10-14-19(15-11-17)18-12-8-16(4-2)9-13-18;2*1-3-5-6-16-9-13-18(14-10-16)17-11-7-15(4-2)8-12-17;1-3-5-15-8-12-17(13-9-15)16-10-6-14(4-2)7-11-16;1-3-13-5-9-15(10-6-13)16-11-7-14(4-2)8-12-16/h2*4,16-19H,2-3,5-15H2,1H3;2*4,15-18H,2-3,5-14H2,1H3;4,14-17H,2-3,5-13H2,1H3;3,13-16H,1,4-12H2,2H3. The predicted molar refractivity (Wildman–Crippen MR) is 479 cm³/mol. The van der Waals surface area contributed by atoms with E-state index in [9.17, 15) is 0 Å². The minimum atomic E-state index is 0.835. The summed E-state index contributed by atoms with van der Waals surface area (Å²) in [5, 5.41) is 0. The Morgan fingerprint density at radius 1 is 0.159 bits per heavy atom. The zero-order valence-electron chi connectivity index (χ0n) is 73.5. The first-order valence-corrected chi connectivity index (χ1v) is 50.2. The van der Waals surface area contributed by atoms with Crippen LogP contribution < -0.4 is 0 Å². The lowest BCUT2D eigenvalue weighted by Gasteiger charge is -2.37. The van der Waals surface area contributed by atoms with Crippen LogP contribution in [0.1, 0.15) is 459 Å². The van der Waals surface area contributed by atoms with E-state index in [1.54, 1.807) is 25.7 Å². The molecular weight excluding hydrogens is 1290 g/mol. The topological polar surface area (TPSA) is 0 Å². The highest BCUT2D eigenvalue weighted by Crippen LogP contribution is 2.49. The van der Waals surface area contributed by atoms with E-state index in [0.29, 0.717) is 0 Å². The highest BCUT2D eigenvalue weighted by Gasteiger charge is 2.36. The summed E-state index contributed by atoms with van der Waals surface area (Å²) in [5.74, 6) is 24.3. The minimum Gasteiger partial charge on any atom is -0.103 e. The molecule has 0 aromatic carbocycles. The van der Waals surface area contributed by atoms with E-state index in [1.165, 1.54) is 392 Å². The van der Waals surface area contributed by atoms with Crippen molar-refractivity contribution in [1.82, 2.24) is 0 Å². The fourth-order valence-corrected chi connectivity index (χ4v) is 25.7. The molecule has 0 saturated heterocycles. The van der Waals surface area contributed by atoms with Gasteiger partial charge < -0.3 is 0 Å². The molecule has 107 heavy (non-hydrogen) atoms. The van der Waals surface area contributed by atoms with Crippen molar-refractivity contribution in [3.05, 3.63) is 75.9 Å². The smallest absolute Gasteiger partial charge is 0.0236 e. The second-order valence-electron chi connectivity index (χ2n) is 40.6. The van der Waals surface area contributed by atoms with Crippen LogP contribution in [-0.4, -0.2) is 0 Å². The molecule has 0 bridgehead atoms. The van der Waals surface area contributed by atoms with Crippen LogP contribution in [0.4, 0.5) is 0 Å². The first kappa shape index (κ1) is 92.6. The maximum atomic E-state index is 3.97. The van der Waals surface area contributed by atoms with Crippen LogP contribution in [0.2, 0.25) is 0 Å². The highest BCUT2D eigenvalue weighted by atomic mass is 14.4. The maximum absolute atomic E-state index is 3.97. The molecule has 0 heterocycles. The van der Waals surface area contributed by atoms with Crippen molar-refractivity contribution in [2.24, 2.45) is 142 Å². The quantitative estimate of drug-likeness (QED) is 0.0517. The zero-order chi connectivity index (χ0) is 76.1. The number of hydrogen-bond donors (Lipinski definition) is 0. The van der Waals surface area contributed by atoms with Gasteiger partial charge in [-0.25, -0.2) is 0 Å². The van der Waals surface area contributed by atoms with Crippen molar-refractivity contribution in [2.45, 2.75) is 459 Å². The van der Waals surface area contributed by atoms with E-state index < -0.39 is 0 Å². The van der Waals surface area contributed by atoms with Gasteiger partial charge in [0.05, 0.1) is 0 Å². The van der Waals surface area contributed by atoms with Crippen LogP contribution in [0.3, 0.4) is 0 Å². The number of hydrogen-bond acceptors (Lipinski definition) is 0. The molecule has 0 aromatic heterocycles. The molecule has 12 aliphatic rings. The summed E-state index contributed by atoms with van der Waals surface area (Å²) in [4.78, 5) is 0. The Hall–Kier alpha value is -1.56. The molecule has 0 heteroatoms. The third-order valence-corrected chi connectivity index (χ3v) is 33.9. The largest absolute Gasteiger partial charge is 0.103 e. The van der Waals surface area contributed by atoms with Gasteiger partial charge in [0.25, 0.3) is 0 Å². The van der Waals surface area contributed by atoms with Gasteiger partial charge in [-0.1, -0.05) is 264 Å². The minimum absolute atomic E-state index is 0.835. The van der Waals surface area contributed by atoms with Crippen LogP contribution in [0.5, 0.6) is 0 Å². The van der Waals surface area contributed by atoms with Crippen molar-refractivity contribution < 1.29 is 0 Å². The van der Waals surface area contributed by atoms with Gasteiger partial charge in [-0.05, 0) is 373 Å². The third kappa shape index (κ3) is 34.8. The van der Waals surface area contributed by atoms with Gasteiger partial charge in [0, 0.05) is 0 Å². The maximum Gasteiger partial charge on any atom is -0.0236 e. The Morgan fingerprint density at radius 3 is 0.458 bits per heavy atom. The lowest BCUT2D eigenvalue weighted by atomic mass is 9.68. The Bertz CT molecular complexity index is 2040. The van der Waals surface area contributed by atoms with Crippen LogP contribution in [0, 0.1) is 142 Å². The summed E-state index contributed by atoms with van der Waals surface area (Å²) in [5.41, 5.74) is 0. The molecule has 0 radical (unpaired) electrons. The molecule has 0 aromatic rings. The van der Waals surface area contributed by atoms with Gasteiger partial charge in [0.1, 0.15) is 0 Å². The Balaban J connectivity index is 0.000000179. The van der Waals surface area contributed by atoms with Crippen molar-refractivity contribution >= 4 is 0 Å². The van der Waals surface area contributed by atoms with Gasteiger partial charge in [0.15, 0.2) is 0 Å². The SMILES string of the molecule is C=CC1CCC(C2CCC(CC)CC2)CC1.C=CC1CCC(C2CCC(CCC)CC2)CC1.C=CC1CCC(C2CCC(CCCC)CC2)CC1.C=CC1CCC(C2CCC(CCCC)CC2)CC1.C=CC1CCC(C2CCC(CCCCC)CC2)CC1.C=CC1CCC(C2CCC(CCCCC)CC2)CC1. The Labute approximate surface area is 672 Å². The van der Waals surface area contributed by atoms with Gasteiger partial charge in [0.2, 0.25) is 0 Å². The summed E-state index contributed by atoms with van der Waals surface area (Å²) in [7, 11) is 0. The number of rotatable bonds is 29. The van der Waals surface area contributed by atoms with Crippen LogP contribution >= 0.6 is 0 Å². The van der Waals surface area contributed by atoms with Gasteiger partial charge in [-0.15, -0.1) is 39.5 Å². The van der Waals surface area contributed by atoms with E-state index in [0.717, 1.165) is 142 Å². The number of allylic oxidation sites excluding steroid dienone is 6. The highest BCUT2D eigenvalue weighted by molar-refractivity contribution is 4.94. The zero-order valence-corrected chi connectivity index (χ0v) is 73.5. The molecular formula is C107H190. The van der Waals surface area contributed by atoms with E-state index >= 15 is 0 Å².